The SMILES string of the molecule is CCCCN(CCCC)C(=O)CC(C(=O)N(CCCC)CCCC)P(=O)(CCCC)CCCC. The molecule has 0 radical (unpaired) electrons. The van der Waals surface area contributed by atoms with E-state index in [2.05, 4.69) is 41.5 Å². The van der Waals surface area contributed by atoms with Crippen LogP contribution in [-0.4, -0.2) is 65.8 Å². The third-order valence-corrected chi connectivity index (χ3v) is 10.5. The van der Waals surface area contributed by atoms with Crippen LogP contribution in [0.25, 0.3) is 0 Å². The molecule has 5 nitrogen and oxygen atoms in total. The molecule has 0 heterocycles. The molecule has 202 valence electrons. The Hall–Kier alpha value is -0.830. The van der Waals surface area contributed by atoms with Crippen molar-refractivity contribution < 1.29 is 14.2 Å². The van der Waals surface area contributed by atoms with Crippen molar-refractivity contribution in [3.8, 4) is 0 Å². The lowest BCUT2D eigenvalue weighted by Gasteiger charge is -2.34. The number of amides is 2. The average Bonchev–Trinajstić information content (AvgIpc) is 2.84. The first-order valence-corrected chi connectivity index (χ1v) is 16.6. The van der Waals surface area contributed by atoms with Crippen LogP contribution in [0.3, 0.4) is 0 Å². The minimum absolute atomic E-state index is 0.0169. The van der Waals surface area contributed by atoms with E-state index >= 15 is 0 Å². The zero-order valence-corrected chi connectivity index (χ0v) is 24.5. The lowest BCUT2D eigenvalue weighted by atomic mass is 10.2. The molecule has 1 atom stereocenters. The first-order chi connectivity index (χ1) is 16.3. The normalized spacial score (nSPS) is 12.5. The largest absolute Gasteiger partial charge is 0.343 e. The zero-order valence-electron chi connectivity index (χ0n) is 23.6. The Morgan fingerprint density at radius 2 is 0.941 bits per heavy atom. The highest BCUT2D eigenvalue weighted by Crippen LogP contribution is 2.54. The molecule has 0 spiro atoms. The van der Waals surface area contributed by atoms with Crippen LogP contribution in [0.2, 0.25) is 0 Å². The minimum atomic E-state index is -2.82. The molecule has 0 bridgehead atoms. The van der Waals surface area contributed by atoms with E-state index in [4.69, 9.17) is 0 Å². The quantitative estimate of drug-likeness (QED) is 0.144. The van der Waals surface area contributed by atoms with Gasteiger partial charge in [-0.1, -0.05) is 80.1 Å². The number of unbranched alkanes of at least 4 members (excludes halogenated alkanes) is 6. The van der Waals surface area contributed by atoms with Crippen molar-refractivity contribution in [3.05, 3.63) is 0 Å². The number of carbonyl (C=O) groups excluding carboxylic acids is 2. The van der Waals surface area contributed by atoms with Gasteiger partial charge in [0.15, 0.2) is 0 Å². The molecular formula is C28H57N2O3P. The second-order valence-corrected chi connectivity index (χ2v) is 13.4. The van der Waals surface area contributed by atoms with E-state index in [1.807, 2.05) is 9.80 Å². The predicted octanol–water partition coefficient (Wildman–Crippen LogP) is 7.57. The summed E-state index contributed by atoms with van der Waals surface area (Å²) in [5, 5.41) is 0. The van der Waals surface area contributed by atoms with Gasteiger partial charge in [-0.05, 0) is 38.5 Å². The van der Waals surface area contributed by atoms with Crippen molar-refractivity contribution in [1.82, 2.24) is 9.80 Å². The monoisotopic (exact) mass is 500 g/mol. The standard InChI is InChI=1S/C28H57N2O3P/c1-7-13-19-29(20-14-8-2)27(31)25-26(34(33,23-17-11-5)24-18-12-6)28(32)30(21-15-9-3)22-16-10-4/h26H,7-25H2,1-6H3. The highest BCUT2D eigenvalue weighted by atomic mass is 31.2. The van der Waals surface area contributed by atoms with Crippen LogP contribution in [-0.2, 0) is 14.2 Å². The average molecular weight is 501 g/mol. The van der Waals surface area contributed by atoms with Gasteiger partial charge in [0, 0.05) is 44.9 Å². The molecule has 1 unspecified atom stereocenters. The topological polar surface area (TPSA) is 57.7 Å². The van der Waals surface area contributed by atoms with Gasteiger partial charge in [-0.3, -0.25) is 9.59 Å². The highest BCUT2D eigenvalue weighted by Gasteiger charge is 2.41. The molecule has 0 rings (SSSR count). The van der Waals surface area contributed by atoms with Gasteiger partial charge in [0.1, 0.15) is 12.8 Å². The van der Waals surface area contributed by atoms with Crippen LogP contribution in [0, 0.1) is 0 Å². The van der Waals surface area contributed by atoms with Crippen molar-refractivity contribution in [2.45, 2.75) is 131 Å². The number of rotatable bonds is 22. The Bertz CT molecular complexity index is 554. The number of carbonyl (C=O) groups is 2. The molecule has 0 aromatic heterocycles. The van der Waals surface area contributed by atoms with Gasteiger partial charge in [-0.25, -0.2) is 0 Å². The van der Waals surface area contributed by atoms with Crippen LogP contribution in [0.1, 0.15) is 125 Å². The second kappa shape index (κ2) is 20.4. The van der Waals surface area contributed by atoms with Gasteiger partial charge < -0.3 is 14.4 Å². The molecule has 6 heteroatoms. The van der Waals surface area contributed by atoms with Gasteiger partial charge in [0.05, 0.1) is 0 Å². The summed E-state index contributed by atoms with van der Waals surface area (Å²) in [4.78, 5) is 31.4. The summed E-state index contributed by atoms with van der Waals surface area (Å²) in [6.45, 7) is 15.6. The number of nitrogens with zero attached hydrogens (tertiary/aromatic N) is 2. The molecule has 0 aliphatic carbocycles. The fraction of sp³-hybridized carbons (Fsp3) is 0.929. The van der Waals surface area contributed by atoms with Crippen molar-refractivity contribution in [2.75, 3.05) is 38.5 Å². The lowest BCUT2D eigenvalue weighted by Crippen LogP contribution is -2.44. The van der Waals surface area contributed by atoms with E-state index in [1.165, 1.54) is 0 Å². The van der Waals surface area contributed by atoms with Crippen molar-refractivity contribution >= 4 is 19.0 Å². The van der Waals surface area contributed by atoms with Crippen molar-refractivity contribution in [1.29, 1.82) is 0 Å². The van der Waals surface area contributed by atoms with Gasteiger partial charge in [0.2, 0.25) is 11.8 Å². The van der Waals surface area contributed by atoms with Crippen LogP contribution < -0.4 is 0 Å². The minimum Gasteiger partial charge on any atom is -0.343 e. The Morgan fingerprint density at radius 3 is 1.29 bits per heavy atom. The molecule has 2 amide bonds. The van der Waals surface area contributed by atoms with Gasteiger partial charge in [-0.2, -0.15) is 0 Å². The fourth-order valence-corrected chi connectivity index (χ4v) is 7.93. The fourth-order valence-electron chi connectivity index (χ4n) is 4.32. The van der Waals surface area contributed by atoms with E-state index < -0.39 is 12.8 Å². The molecule has 0 N–H and O–H groups in total. The molecular weight excluding hydrogens is 443 g/mol. The summed E-state index contributed by atoms with van der Waals surface area (Å²) >= 11 is 0. The van der Waals surface area contributed by atoms with Crippen LogP contribution >= 0.6 is 7.14 Å². The third kappa shape index (κ3) is 12.8. The maximum absolute atomic E-state index is 14.5. The van der Waals surface area contributed by atoms with E-state index in [0.29, 0.717) is 25.4 Å². The first kappa shape index (κ1) is 33.2. The van der Waals surface area contributed by atoms with E-state index in [-0.39, 0.29) is 18.2 Å². The second-order valence-electron chi connectivity index (χ2n) is 9.95. The predicted molar refractivity (Wildman–Crippen MR) is 148 cm³/mol. The Morgan fingerprint density at radius 1 is 0.588 bits per heavy atom. The summed E-state index contributed by atoms with van der Waals surface area (Å²) in [6.07, 6.45) is 12.9. The third-order valence-electron chi connectivity index (χ3n) is 6.79. The summed E-state index contributed by atoms with van der Waals surface area (Å²) in [5.41, 5.74) is -0.655. The van der Waals surface area contributed by atoms with Crippen molar-refractivity contribution in [3.63, 3.8) is 0 Å². The smallest absolute Gasteiger partial charge is 0.233 e. The molecule has 0 aliphatic heterocycles. The lowest BCUT2D eigenvalue weighted by molar-refractivity contribution is -0.137. The molecule has 34 heavy (non-hydrogen) atoms. The molecule has 0 aliphatic rings. The summed E-state index contributed by atoms with van der Waals surface area (Å²) < 4.78 is 14.5. The van der Waals surface area contributed by atoms with Gasteiger partial charge in [-0.15, -0.1) is 0 Å². The van der Waals surface area contributed by atoms with Crippen LogP contribution in [0.15, 0.2) is 0 Å². The Balaban J connectivity index is 6.09. The Labute approximate surface area is 212 Å². The molecule has 0 fully saturated rings. The van der Waals surface area contributed by atoms with Gasteiger partial charge in [0.25, 0.3) is 0 Å². The Kier molecular flexibility index (Phi) is 19.9. The first-order valence-electron chi connectivity index (χ1n) is 14.5. The van der Waals surface area contributed by atoms with Gasteiger partial charge >= 0.3 is 0 Å². The summed E-state index contributed by atoms with van der Waals surface area (Å²) in [6, 6.07) is 0. The maximum atomic E-state index is 14.5. The number of hydrogen-bond donors (Lipinski definition) is 0. The van der Waals surface area contributed by atoms with Crippen molar-refractivity contribution in [2.24, 2.45) is 0 Å². The highest BCUT2D eigenvalue weighted by molar-refractivity contribution is 7.65. The molecule has 0 saturated heterocycles. The molecule has 0 aromatic rings. The van der Waals surface area contributed by atoms with Crippen LogP contribution in [0.5, 0.6) is 0 Å². The maximum Gasteiger partial charge on any atom is 0.233 e. The van der Waals surface area contributed by atoms with Crippen LogP contribution in [0.4, 0.5) is 0 Å². The van der Waals surface area contributed by atoms with E-state index in [9.17, 15) is 14.2 Å². The zero-order chi connectivity index (χ0) is 25.8. The van der Waals surface area contributed by atoms with E-state index in [1.54, 1.807) is 0 Å². The molecule has 0 saturated carbocycles. The summed E-state index contributed by atoms with van der Waals surface area (Å²) in [5.74, 6) is 0.0103. The van der Waals surface area contributed by atoms with E-state index in [0.717, 1.165) is 90.1 Å². The summed E-state index contributed by atoms with van der Waals surface area (Å²) in [7, 11) is -2.82. The molecule has 0 aromatic carbocycles. The number of hydrogen-bond acceptors (Lipinski definition) is 3.